The van der Waals surface area contributed by atoms with Crippen LogP contribution in [0.25, 0.3) is 0 Å². The van der Waals surface area contributed by atoms with Crippen LogP contribution in [0.15, 0.2) is 42.5 Å². The highest BCUT2D eigenvalue weighted by Crippen LogP contribution is 2.28. The first-order chi connectivity index (χ1) is 11.5. The highest BCUT2D eigenvalue weighted by Gasteiger charge is 2.27. The lowest BCUT2D eigenvalue weighted by Crippen LogP contribution is -2.29. The van der Waals surface area contributed by atoms with Gasteiger partial charge in [0.1, 0.15) is 12.4 Å². The standard InChI is InChI=1S/C19H20N2O3/c1-12-6-5-8-15(13(12)2)20-18(22)10-14-11-24-17-9-4-3-7-16(17)21-19(14)23/h3-9,14H,10-11H2,1-2H3,(H,20,22)(H,21,23). The molecule has 5 nitrogen and oxygen atoms in total. The Morgan fingerprint density at radius 1 is 1.21 bits per heavy atom. The number of nitrogens with one attached hydrogen (secondary N) is 2. The summed E-state index contributed by atoms with van der Waals surface area (Å²) in [6, 6.07) is 13.0. The molecule has 0 fully saturated rings. The number of carbonyl (C=O) groups excluding carboxylic acids is 2. The second-order valence-corrected chi connectivity index (χ2v) is 5.99. The Morgan fingerprint density at radius 2 is 2.00 bits per heavy atom. The molecule has 1 heterocycles. The second kappa shape index (κ2) is 6.74. The largest absolute Gasteiger partial charge is 0.491 e. The van der Waals surface area contributed by atoms with Crippen LogP contribution in [-0.4, -0.2) is 18.4 Å². The van der Waals surface area contributed by atoms with Gasteiger partial charge in [-0.05, 0) is 43.2 Å². The average Bonchev–Trinajstić information content (AvgIpc) is 2.71. The van der Waals surface area contributed by atoms with Crippen molar-refractivity contribution in [2.45, 2.75) is 20.3 Å². The van der Waals surface area contributed by atoms with Crippen molar-refractivity contribution < 1.29 is 14.3 Å². The summed E-state index contributed by atoms with van der Waals surface area (Å²) in [5.74, 6) is -0.291. The van der Waals surface area contributed by atoms with Crippen LogP contribution in [-0.2, 0) is 9.59 Å². The number of hydrogen-bond acceptors (Lipinski definition) is 3. The topological polar surface area (TPSA) is 67.4 Å². The van der Waals surface area contributed by atoms with Gasteiger partial charge < -0.3 is 15.4 Å². The van der Waals surface area contributed by atoms with E-state index in [9.17, 15) is 9.59 Å². The Bertz CT molecular complexity index is 786. The van der Waals surface area contributed by atoms with Gasteiger partial charge in [-0.1, -0.05) is 24.3 Å². The molecule has 0 bridgehead atoms. The van der Waals surface area contributed by atoms with Gasteiger partial charge in [0, 0.05) is 12.1 Å². The molecule has 1 aliphatic heterocycles. The summed E-state index contributed by atoms with van der Waals surface area (Å²) in [5.41, 5.74) is 3.55. The minimum Gasteiger partial charge on any atom is -0.491 e. The lowest BCUT2D eigenvalue weighted by molar-refractivity contribution is -0.125. The Balaban J connectivity index is 1.67. The highest BCUT2D eigenvalue weighted by molar-refractivity contribution is 5.99. The van der Waals surface area contributed by atoms with E-state index in [1.807, 2.05) is 44.2 Å². The van der Waals surface area contributed by atoms with E-state index in [0.29, 0.717) is 11.4 Å². The van der Waals surface area contributed by atoms with E-state index in [-0.39, 0.29) is 24.8 Å². The number of carbonyl (C=O) groups is 2. The van der Waals surface area contributed by atoms with Crippen molar-refractivity contribution in [2.75, 3.05) is 17.2 Å². The van der Waals surface area contributed by atoms with E-state index in [2.05, 4.69) is 10.6 Å². The summed E-state index contributed by atoms with van der Waals surface area (Å²) in [7, 11) is 0. The fourth-order valence-electron chi connectivity index (χ4n) is 2.66. The Hall–Kier alpha value is -2.82. The van der Waals surface area contributed by atoms with Crippen LogP contribution < -0.4 is 15.4 Å². The van der Waals surface area contributed by atoms with Crippen molar-refractivity contribution >= 4 is 23.2 Å². The number of para-hydroxylation sites is 2. The van der Waals surface area contributed by atoms with Crippen molar-refractivity contribution in [1.29, 1.82) is 0 Å². The first-order valence-corrected chi connectivity index (χ1v) is 7.93. The number of fused-ring (bicyclic) bond motifs is 1. The lowest BCUT2D eigenvalue weighted by Gasteiger charge is -2.14. The first-order valence-electron chi connectivity index (χ1n) is 7.93. The molecular formula is C19H20N2O3. The van der Waals surface area contributed by atoms with Crippen molar-refractivity contribution in [1.82, 2.24) is 0 Å². The fraction of sp³-hybridized carbons (Fsp3) is 0.263. The molecular weight excluding hydrogens is 304 g/mol. The summed E-state index contributed by atoms with van der Waals surface area (Å²) in [4.78, 5) is 24.6. The van der Waals surface area contributed by atoms with Crippen LogP contribution in [0, 0.1) is 19.8 Å². The van der Waals surface area contributed by atoms with Crippen LogP contribution in [0.3, 0.4) is 0 Å². The van der Waals surface area contributed by atoms with Gasteiger partial charge in [-0.15, -0.1) is 0 Å². The zero-order chi connectivity index (χ0) is 17.1. The zero-order valence-corrected chi connectivity index (χ0v) is 13.8. The normalized spacial score (nSPS) is 16.4. The number of aryl methyl sites for hydroxylation is 1. The maximum atomic E-state index is 12.3. The predicted octanol–water partition coefficient (Wildman–Crippen LogP) is 3.28. The Labute approximate surface area is 141 Å². The molecule has 2 aromatic rings. The van der Waals surface area contributed by atoms with Crippen LogP contribution in [0.4, 0.5) is 11.4 Å². The fourth-order valence-corrected chi connectivity index (χ4v) is 2.66. The molecule has 2 aromatic carbocycles. The monoisotopic (exact) mass is 324 g/mol. The molecule has 124 valence electrons. The maximum absolute atomic E-state index is 12.3. The van der Waals surface area contributed by atoms with Crippen molar-refractivity contribution in [2.24, 2.45) is 5.92 Å². The summed E-state index contributed by atoms with van der Waals surface area (Å²) in [6.45, 7) is 4.14. The van der Waals surface area contributed by atoms with E-state index >= 15 is 0 Å². The van der Waals surface area contributed by atoms with Crippen LogP contribution in [0.1, 0.15) is 17.5 Å². The molecule has 2 N–H and O–H groups in total. The first kappa shape index (κ1) is 16.1. The molecule has 1 unspecified atom stereocenters. The molecule has 3 rings (SSSR count). The molecule has 24 heavy (non-hydrogen) atoms. The van der Waals surface area contributed by atoms with E-state index < -0.39 is 5.92 Å². The molecule has 2 amide bonds. The van der Waals surface area contributed by atoms with Gasteiger partial charge >= 0.3 is 0 Å². The lowest BCUT2D eigenvalue weighted by atomic mass is 10.0. The van der Waals surface area contributed by atoms with Crippen molar-refractivity contribution in [3.8, 4) is 5.75 Å². The third kappa shape index (κ3) is 3.40. The summed E-state index contributed by atoms with van der Waals surface area (Å²) in [6.07, 6.45) is 0.0766. The number of ether oxygens (including phenoxy) is 1. The van der Waals surface area contributed by atoms with Crippen LogP contribution in [0.2, 0.25) is 0 Å². The molecule has 5 heteroatoms. The van der Waals surface area contributed by atoms with Crippen LogP contribution >= 0.6 is 0 Å². The molecule has 0 saturated heterocycles. The van der Waals surface area contributed by atoms with E-state index in [1.165, 1.54) is 0 Å². The maximum Gasteiger partial charge on any atom is 0.231 e. The predicted molar refractivity (Wildman–Crippen MR) is 93.2 cm³/mol. The zero-order valence-electron chi connectivity index (χ0n) is 13.8. The molecule has 0 radical (unpaired) electrons. The summed E-state index contributed by atoms with van der Waals surface area (Å²) >= 11 is 0. The molecule has 1 atom stereocenters. The Kier molecular flexibility index (Phi) is 4.51. The Morgan fingerprint density at radius 3 is 2.83 bits per heavy atom. The second-order valence-electron chi connectivity index (χ2n) is 5.99. The quantitative estimate of drug-likeness (QED) is 0.910. The molecule has 1 aliphatic rings. The van der Waals surface area contributed by atoms with Crippen molar-refractivity contribution in [3.63, 3.8) is 0 Å². The number of amides is 2. The SMILES string of the molecule is Cc1cccc(NC(=O)CC2COc3ccccc3NC2=O)c1C. The summed E-state index contributed by atoms with van der Waals surface area (Å²) < 4.78 is 5.66. The molecule has 0 aliphatic carbocycles. The minimum absolute atomic E-state index is 0.0766. The highest BCUT2D eigenvalue weighted by atomic mass is 16.5. The third-order valence-electron chi connectivity index (χ3n) is 4.27. The van der Waals surface area contributed by atoms with E-state index in [1.54, 1.807) is 12.1 Å². The van der Waals surface area contributed by atoms with Gasteiger partial charge in [-0.3, -0.25) is 9.59 Å². The molecule has 0 aromatic heterocycles. The van der Waals surface area contributed by atoms with Gasteiger partial charge in [0.05, 0.1) is 11.6 Å². The number of anilines is 2. The number of benzene rings is 2. The van der Waals surface area contributed by atoms with E-state index in [4.69, 9.17) is 4.74 Å². The van der Waals surface area contributed by atoms with E-state index in [0.717, 1.165) is 16.8 Å². The van der Waals surface area contributed by atoms with Gasteiger partial charge in [0.25, 0.3) is 0 Å². The van der Waals surface area contributed by atoms with Crippen LogP contribution in [0.5, 0.6) is 5.75 Å². The summed E-state index contributed by atoms with van der Waals surface area (Å²) in [5, 5.41) is 5.70. The van der Waals surface area contributed by atoms with Gasteiger partial charge in [0.2, 0.25) is 11.8 Å². The molecule has 0 spiro atoms. The average molecular weight is 324 g/mol. The smallest absolute Gasteiger partial charge is 0.231 e. The van der Waals surface area contributed by atoms with Gasteiger partial charge in [-0.25, -0.2) is 0 Å². The number of hydrogen-bond donors (Lipinski definition) is 2. The number of rotatable bonds is 3. The molecule has 0 saturated carbocycles. The van der Waals surface area contributed by atoms with Crippen molar-refractivity contribution in [3.05, 3.63) is 53.6 Å². The third-order valence-corrected chi connectivity index (χ3v) is 4.27. The van der Waals surface area contributed by atoms with Gasteiger partial charge in [0.15, 0.2) is 0 Å². The van der Waals surface area contributed by atoms with Gasteiger partial charge in [-0.2, -0.15) is 0 Å². The minimum atomic E-state index is -0.525.